The highest BCUT2D eigenvalue weighted by atomic mass is 16.2. The van der Waals surface area contributed by atoms with Crippen LogP contribution in [-0.2, 0) is 10.2 Å². The highest BCUT2D eigenvalue weighted by Gasteiger charge is 2.45. The number of nitrogens with zero attached hydrogens (tertiary/aromatic N) is 4. The molecule has 1 aliphatic heterocycles. The van der Waals surface area contributed by atoms with E-state index in [1.807, 2.05) is 56.3 Å². The van der Waals surface area contributed by atoms with Crippen molar-refractivity contribution in [1.82, 2.24) is 25.2 Å². The smallest absolute Gasteiger partial charge is 0.253 e. The van der Waals surface area contributed by atoms with E-state index in [4.69, 9.17) is 0 Å². The van der Waals surface area contributed by atoms with Crippen molar-refractivity contribution in [3.63, 3.8) is 0 Å². The van der Waals surface area contributed by atoms with Crippen LogP contribution in [0.3, 0.4) is 0 Å². The Hall–Kier alpha value is -3.81. The van der Waals surface area contributed by atoms with Crippen molar-refractivity contribution in [2.75, 3.05) is 25.5 Å². The summed E-state index contributed by atoms with van der Waals surface area (Å²) in [6.45, 7) is 4.63. The van der Waals surface area contributed by atoms with E-state index in [1.165, 1.54) is 0 Å². The highest BCUT2D eigenvalue weighted by molar-refractivity contribution is 5.96. The van der Waals surface area contributed by atoms with Crippen molar-refractivity contribution < 1.29 is 9.59 Å². The van der Waals surface area contributed by atoms with Crippen molar-refractivity contribution in [1.29, 1.82) is 0 Å². The molecule has 0 bridgehead atoms. The van der Waals surface area contributed by atoms with E-state index < -0.39 is 5.41 Å². The number of hydrogen-bond donors (Lipinski definition) is 2. The van der Waals surface area contributed by atoms with Gasteiger partial charge in [0.25, 0.3) is 5.91 Å². The summed E-state index contributed by atoms with van der Waals surface area (Å²) in [5, 5.41) is 6.04. The number of carbonyl (C=O) groups is 2. The van der Waals surface area contributed by atoms with E-state index in [0.717, 1.165) is 11.4 Å². The average Bonchev–Trinajstić information content (AvgIpc) is 2.83. The van der Waals surface area contributed by atoms with E-state index in [0.29, 0.717) is 42.3 Å². The lowest BCUT2D eigenvalue weighted by Crippen LogP contribution is -2.56. The fraction of sp³-hybridized carbons (Fsp3) is 0.320. The molecule has 1 atom stereocenters. The Balaban J connectivity index is 1.59. The number of anilines is 2. The van der Waals surface area contributed by atoms with Gasteiger partial charge in [-0.2, -0.15) is 0 Å². The van der Waals surface area contributed by atoms with E-state index in [9.17, 15) is 9.59 Å². The Morgan fingerprint density at radius 1 is 1.06 bits per heavy atom. The van der Waals surface area contributed by atoms with Crippen LogP contribution >= 0.6 is 0 Å². The van der Waals surface area contributed by atoms with Crippen LogP contribution in [0, 0.1) is 13.8 Å². The maximum absolute atomic E-state index is 13.5. The van der Waals surface area contributed by atoms with Gasteiger partial charge in [0, 0.05) is 49.3 Å². The first kappa shape index (κ1) is 22.4. The van der Waals surface area contributed by atoms with Crippen LogP contribution in [0.5, 0.6) is 0 Å². The first-order valence-electron chi connectivity index (χ1n) is 11.0. The van der Waals surface area contributed by atoms with Gasteiger partial charge in [-0.1, -0.05) is 12.1 Å². The van der Waals surface area contributed by atoms with Crippen molar-refractivity contribution in [2.45, 2.75) is 32.1 Å². The molecule has 8 nitrogen and oxygen atoms in total. The van der Waals surface area contributed by atoms with E-state index >= 15 is 0 Å². The molecule has 0 radical (unpaired) electrons. The number of piperidine rings is 1. The summed E-state index contributed by atoms with van der Waals surface area (Å²) < 4.78 is 0. The molecule has 4 rings (SSSR count). The summed E-state index contributed by atoms with van der Waals surface area (Å²) >= 11 is 0. The maximum Gasteiger partial charge on any atom is 0.253 e. The van der Waals surface area contributed by atoms with Gasteiger partial charge in [-0.3, -0.25) is 14.6 Å². The monoisotopic (exact) mass is 444 g/mol. The Morgan fingerprint density at radius 3 is 2.64 bits per heavy atom. The molecule has 2 N–H and O–H groups in total. The first-order chi connectivity index (χ1) is 15.9. The van der Waals surface area contributed by atoms with Crippen LogP contribution in [0.25, 0.3) is 0 Å². The minimum atomic E-state index is -0.865. The van der Waals surface area contributed by atoms with Crippen molar-refractivity contribution in [2.24, 2.45) is 0 Å². The number of amides is 2. The van der Waals surface area contributed by atoms with Crippen LogP contribution in [0.4, 0.5) is 11.5 Å². The number of benzene rings is 1. The van der Waals surface area contributed by atoms with Gasteiger partial charge < -0.3 is 15.5 Å². The standard InChI is InChI=1S/C25H28N6O2/c1-17-14-22(29-18(2)28-17)30-20-9-6-8-19(15-20)23(32)31-13-7-11-25(16-31,24(33)26-3)21-10-4-5-12-27-21/h4-6,8-10,12,14-15H,7,11,13,16H2,1-3H3,(H,26,33)(H,28,29,30). The topological polar surface area (TPSA) is 100 Å². The Kier molecular flexibility index (Phi) is 6.35. The lowest BCUT2D eigenvalue weighted by atomic mass is 9.75. The lowest BCUT2D eigenvalue weighted by Gasteiger charge is -2.41. The summed E-state index contributed by atoms with van der Waals surface area (Å²) in [4.78, 5) is 41.4. The van der Waals surface area contributed by atoms with Crippen LogP contribution < -0.4 is 10.6 Å². The molecule has 1 aliphatic rings. The molecule has 1 saturated heterocycles. The summed E-state index contributed by atoms with van der Waals surface area (Å²) in [6.07, 6.45) is 3.04. The summed E-state index contributed by atoms with van der Waals surface area (Å²) in [6, 6.07) is 14.8. The normalized spacial score (nSPS) is 18.0. The molecular formula is C25H28N6O2. The number of nitrogens with one attached hydrogen (secondary N) is 2. The molecule has 1 aromatic carbocycles. The van der Waals surface area contributed by atoms with Gasteiger partial charge in [0.05, 0.1) is 5.69 Å². The van der Waals surface area contributed by atoms with Crippen LogP contribution in [0.15, 0.2) is 54.7 Å². The van der Waals surface area contributed by atoms with Gasteiger partial charge in [0.1, 0.15) is 17.1 Å². The zero-order valence-corrected chi connectivity index (χ0v) is 19.1. The number of aryl methyl sites for hydroxylation is 2. The Bertz CT molecular complexity index is 1150. The number of likely N-dealkylation sites (N-methyl/N-ethyl adjacent to an activating group) is 1. The van der Waals surface area contributed by atoms with Crippen molar-refractivity contribution in [3.05, 3.63) is 77.5 Å². The predicted octanol–water partition coefficient (Wildman–Crippen LogP) is 3.15. The third-order valence-electron chi connectivity index (χ3n) is 5.94. The molecule has 0 aliphatic carbocycles. The van der Waals surface area contributed by atoms with Crippen LogP contribution in [0.1, 0.15) is 40.4 Å². The molecule has 170 valence electrons. The second-order valence-corrected chi connectivity index (χ2v) is 8.35. The molecule has 0 saturated carbocycles. The molecule has 2 amide bonds. The Morgan fingerprint density at radius 2 is 1.91 bits per heavy atom. The van der Waals surface area contributed by atoms with Gasteiger partial charge in [0.2, 0.25) is 5.91 Å². The number of hydrogen-bond acceptors (Lipinski definition) is 6. The molecule has 3 heterocycles. The molecule has 1 fully saturated rings. The zero-order chi connectivity index (χ0) is 23.4. The second kappa shape index (κ2) is 9.36. The summed E-state index contributed by atoms with van der Waals surface area (Å²) in [7, 11) is 1.62. The molecule has 0 spiro atoms. The van der Waals surface area contributed by atoms with Gasteiger partial charge in [0.15, 0.2) is 0 Å². The summed E-state index contributed by atoms with van der Waals surface area (Å²) in [5.41, 5.74) is 2.00. The number of likely N-dealkylation sites (tertiary alicyclic amines) is 1. The van der Waals surface area contributed by atoms with Crippen molar-refractivity contribution >= 4 is 23.3 Å². The number of carbonyl (C=O) groups excluding carboxylic acids is 2. The van der Waals surface area contributed by atoms with E-state index in [2.05, 4.69) is 25.6 Å². The summed E-state index contributed by atoms with van der Waals surface area (Å²) in [5.74, 6) is 1.12. The highest BCUT2D eigenvalue weighted by Crippen LogP contribution is 2.34. The SMILES string of the molecule is CNC(=O)C1(c2ccccn2)CCCN(C(=O)c2cccc(Nc3cc(C)nc(C)n3)c2)C1. The molecule has 8 heteroatoms. The quantitative estimate of drug-likeness (QED) is 0.627. The zero-order valence-electron chi connectivity index (χ0n) is 19.1. The van der Waals surface area contributed by atoms with Gasteiger partial charge in [-0.15, -0.1) is 0 Å². The third-order valence-corrected chi connectivity index (χ3v) is 5.94. The number of aromatic nitrogens is 3. The van der Waals surface area contributed by atoms with Crippen LogP contribution in [0.2, 0.25) is 0 Å². The third kappa shape index (κ3) is 4.69. The largest absolute Gasteiger partial charge is 0.358 e. The maximum atomic E-state index is 13.5. The molecule has 3 aromatic rings. The van der Waals surface area contributed by atoms with E-state index in [-0.39, 0.29) is 18.4 Å². The minimum Gasteiger partial charge on any atom is -0.358 e. The van der Waals surface area contributed by atoms with Crippen LogP contribution in [-0.4, -0.2) is 51.8 Å². The number of rotatable bonds is 5. The average molecular weight is 445 g/mol. The predicted molar refractivity (Wildman–Crippen MR) is 126 cm³/mol. The second-order valence-electron chi connectivity index (χ2n) is 8.35. The molecule has 33 heavy (non-hydrogen) atoms. The molecular weight excluding hydrogens is 416 g/mol. The Labute approximate surface area is 193 Å². The van der Waals surface area contributed by atoms with Gasteiger partial charge in [-0.05, 0) is 57.0 Å². The molecule has 1 unspecified atom stereocenters. The fourth-order valence-corrected chi connectivity index (χ4v) is 4.47. The number of pyridine rings is 1. The fourth-order valence-electron chi connectivity index (χ4n) is 4.47. The van der Waals surface area contributed by atoms with E-state index in [1.54, 1.807) is 24.2 Å². The minimum absolute atomic E-state index is 0.113. The first-order valence-corrected chi connectivity index (χ1v) is 11.0. The lowest BCUT2D eigenvalue weighted by molar-refractivity contribution is -0.128. The molecule has 2 aromatic heterocycles. The van der Waals surface area contributed by atoms with Gasteiger partial charge in [-0.25, -0.2) is 9.97 Å². The van der Waals surface area contributed by atoms with Gasteiger partial charge >= 0.3 is 0 Å². The van der Waals surface area contributed by atoms with Crippen molar-refractivity contribution in [3.8, 4) is 0 Å².